The molecule has 0 saturated carbocycles. The number of esters is 4. The topological polar surface area (TPSA) is 161 Å². The number of carboxylic acids is 2. The predicted octanol–water partition coefficient (Wildman–Crippen LogP) is -14.2. The Balaban J connectivity index is -0.0000000402. The average molecular weight is 330 g/mol. The fourth-order valence-electron chi connectivity index (χ4n) is 0.339. The maximum atomic E-state index is 10.5. The first kappa shape index (κ1) is 33.0. The van der Waals surface area contributed by atoms with Crippen molar-refractivity contribution in [1.82, 2.24) is 0 Å². The molecule has 0 aliphatic heterocycles. The molecule has 94 valence electrons. The van der Waals surface area contributed by atoms with Crippen LogP contribution in [0.15, 0.2) is 0 Å². The molecular formula is C6H6Na4O10. The van der Waals surface area contributed by atoms with Gasteiger partial charge in [0.05, 0.1) is 0 Å². The van der Waals surface area contributed by atoms with Crippen molar-refractivity contribution in [1.29, 1.82) is 0 Å². The van der Waals surface area contributed by atoms with Crippen molar-refractivity contribution >= 4 is 35.8 Å². The van der Waals surface area contributed by atoms with E-state index >= 15 is 0 Å². The SMILES string of the molecule is O=C(O)C(=O)OC(=O)C(=O)OC(=O)C(=O)O.[H-].[H-].[H-].[H-].[Na+].[Na+].[Na+].[Na+]. The zero-order valence-corrected chi connectivity index (χ0v) is 19.2. The van der Waals surface area contributed by atoms with Gasteiger partial charge < -0.3 is 25.4 Å². The van der Waals surface area contributed by atoms with Crippen LogP contribution in [0.1, 0.15) is 5.71 Å². The summed E-state index contributed by atoms with van der Waals surface area (Å²) in [6, 6.07) is 0. The summed E-state index contributed by atoms with van der Waals surface area (Å²) in [5, 5.41) is 15.9. The Labute approximate surface area is 205 Å². The molecule has 0 atom stereocenters. The Bertz CT molecular complexity index is 382. The smallest absolute Gasteiger partial charge is 1.00 e. The fourth-order valence-corrected chi connectivity index (χ4v) is 0.339. The van der Waals surface area contributed by atoms with E-state index in [1.807, 2.05) is 0 Å². The molecule has 0 aromatic heterocycles. The van der Waals surface area contributed by atoms with Gasteiger partial charge in [0.15, 0.2) is 0 Å². The van der Waals surface area contributed by atoms with Gasteiger partial charge in [0.1, 0.15) is 0 Å². The van der Waals surface area contributed by atoms with Gasteiger partial charge in [-0.1, -0.05) is 0 Å². The first-order chi connectivity index (χ1) is 7.25. The normalized spacial score (nSPS) is 7.00. The van der Waals surface area contributed by atoms with Crippen LogP contribution in [-0.2, 0) is 38.2 Å². The number of carbonyl (C=O) groups excluding carboxylic acids is 4. The number of hydrogen-bond donors (Lipinski definition) is 2. The summed E-state index contributed by atoms with van der Waals surface area (Å²) in [5.41, 5.74) is 0. The molecule has 0 aliphatic rings. The van der Waals surface area contributed by atoms with Crippen LogP contribution in [0.2, 0.25) is 0 Å². The average Bonchev–Trinajstić information content (AvgIpc) is 2.16. The maximum absolute atomic E-state index is 10.5. The van der Waals surface area contributed by atoms with Gasteiger partial charge in [-0.2, -0.15) is 0 Å². The van der Waals surface area contributed by atoms with Gasteiger partial charge >= 0.3 is 154 Å². The largest absolute Gasteiger partial charge is 1.00 e. The van der Waals surface area contributed by atoms with Crippen LogP contribution in [0.25, 0.3) is 0 Å². The number of ether oxygens (including phenoxy) is 2. The molecule has 0 aliphatic carbocycles. The predicted molar refractivity (Wildman–Crippen MR) is 41.9 cm³/mol. The molecule has 0 saturated heterocycles. The van der Waals surface area contributed by atoms with Crippen LogP contribution >= 0.6 is 0 Å². The zero-order chi connectivity index (χ0) is 12.9. The van der Waals surface area contributed by atoms with E-state index < -0.39 is 35.8 Å². The van der Waals surface area contributed by atoms with Gasteiger partial charge in [-0.25, -0.2) is 28.8 Å². The molecule has 0 amide bonds. The minimum absolute atomic E-state index is 0. The van der Waals surface area contributed by atoms with E-state index in [4.69, 9.17) is 10.2 Å². The molecule has 20 heavy (non-hydrogen) atoms. The summed E-state index contributed by atoms with van der Waals surface area (Å²) in [4.78, 5) is 61.1. The monoisotopic (exact) mass is 330 g/mol. The van der Waals surface area contributed by atoms with E-state index in [-0.39, 0.29) is 124 Å². The standard InChI is InChI=1S/C6H2O10.4Na.4H/c7-1(8)3(11)15-5(13)6(14)16-4(12)2(9)10;;;;;;;;/h(H,7,8)(H,9,10);;;;;;;;/q;4*+1;4*-1. The molecule has 2 N–H and O–H groups in total. The minimum Gasteiger partial charge on any atom is -1.00 e. The van der Waals surface area contributed by atoms with Crippen molar-refractivity contribution in [2.45, 2.75) is 0 Å². The van der Waals surface area contributed by atoms with Crippen LogP contribution in [0.5, 0.6) is 0 Å². The van der Waals surface area contributed by atoms with E-state index in [0.717, 1.165) is 0 Å². The molecule has 0 rings (SSSR count). The van der Waals surface area contributed by atoms with Crippen molar-refractivity contribution in [3.05, 3.63) is 0 Å². The molecule has 0 aromatic rings. The van der Waals surface area contributed by atoms with Gasteiger partial charge in [-0.15, -0.1) is 0 Å². The molecular weight excluding hydrogens is 324 g/mol. The Kier molecular flexibility index (Phi) is 27.4. The van der Waals surface area contributed by atoms with Gasteiger partial charge in [0.2, 0.25) is 0 Å². The summed E-state index contributed by atoms with van der Waals surface area (Å²) in [7, 11) is 0. The number of aliphatic carboxylic acids is 2. The van der Waals surface area contributed by atoms with Crippen molar-refractivity contribution in [3.8, 4) is 0 Å². The second-order valence-electron chi connectivity index (χ2n) is 1.96. The van der Waals surface area contributed by atoms with Crippen LogP contribution in [0.3, 0.4) is 0 Å². The van der Waals surface area contributed by atoms with Crippen LogP contribution in [-0.4, -0.2) is 46.0 Å². The minimum atomic E-state index is -2.16. The third-order valence-corrected chi connectivity index (χ3v) is 0.887. The van der Waals surface area contributed by atoms with Crippen molar-refractivity contribution in [2.24, 2.45) is 0 Å². The Morgan fingerprint density at radius 3 is 0.900 bits per heavy atom. The quantitative estimate of drug-likeness (QED) is 0.189. The van der Waals surface area contributed by atoms with Crippen LogP contribution in [0.4, 0.5) is 0 Å². The summed E-state index contributed by atoms with van der Waals surface area (Å²) in [6.07, 6.45) is 0. The maximum Gasteiger partial charge on any atom is 1.00 e. The molecule has 0 heterocycles. The van der Waals surface area contributed by atoms with E-state index in [2.05, 4.69) is 9.47 Å². The molecule has 0 aromatic carbocycles. The van der Waals surface area contributed by atoms with Gasteiger partial charge in [-0.3, -0.25) is 0 Å². The van der Waals surface area contributed by atoms with Gasteiger partial charge in [0.25, 0.3) is 0 Å². The first-order valence-corrected chi connectivity index (χ1v) is 3.24. The van der Waals surface area contributed by atoms with Gasteiger partial charge in [0, 0.05) is 0 Å². The molecule has 0 spiro atoms. The van der Waals surface area contributed by atoms with E-state index in [9.17, 15) is 28.8 Å². The molecule has 0 unspecified atom stereocenters. The van der Waals surface area contributed by atoms with Crippen molar-refractivity contribution < 1.29 is 172 Å². The van der Waals surface area contributed by atoms with Crippen molar-refractivity contribution in [3.63, 3.8) is 0 Å². The summed E-state index contributed by atoms with van der Waals surface area (Å²) >= 11 is 0. The van der Waals surface area contributed by atoms with Crippen LogP contribution < -0.4 is 118 Å². The second kappa shape index (κ2) is 16.6. The van der Waals surface area contributed by atoms with Crippen LogP contribution in [0, 0.1) is 0 Å². The number of hydrogen-bond acceptors (Lipinski definition) is 8. The molecule has 0 radical (unpaired) electrons. The third-order valence-electron chi connectivity index (χ3n) is 0.887. The van der Waals surface area contributed by atoms with Crippen molar-refractivity contribution in [2.75, 3.05) is 0 Å². The molecule has 14 heteroatoms. The number of carbonyl (C=O) groups is 6. The molecule has 0 fully saturated rings. The Morgan fingerprint density at radius 2 is 0.750 bits per heavy atom. The summed E-state index contributed by atoms with van der Waals surface area (Å²) in [6.45, 7) is 0. The third kappa shape index (κ3) is 14.2. The fraction of sp³-hybridized carbons (Fsp3) is 0. The summed E-state index contributed by atoms with van der Waals surface area (Å²) < 4.78 is 6.71. The van der Waals surface area contributed by atoms with Gasteiger partial charge in [-0.05, 0) is 0 Å². The molecule has 0 bridgehead atoms. The zero-order valence-electron chi connectivity index (χ0n) is 15.2. The number of carboxylic acid groups (broad SMARTS) is 2. The first-order valence-electron chi connectivity index (χ1n) is 3.24. The number of rotatable bonds is 0. The Hall–Kier alpha value is 1.22. The second-order valence-corrected chi connectivity index (χ2v) is 1.96. The summed E-state index contributed by atoms with van der Waals surface area (Å²) in [5.74, 6) is -12.7. The van der Waals surface area contributed by atoms with E-state index in [0.29, 0.717) is 0 Å². The van der Waals surface area contributed by atoms with E-state index in [1.165, 1.54) is 0 Å². The Morgan fingerprint density at radius 1 is 0.550 bits per heavy atom. The van der Waals surface area contributed by atoms with E-state index in [1.54, 1.807) is 0 Å². The molecule has 10 nitrogen and oxygen atoms in total.